The van der Waals surface area contributed by atoms with E-state index in [0.29, 0.717) is 4.88 Å². The van der Waals surface area contributed by atoms with Gasteiger partial charge in [0.15, 0.2) is 0 Å². The number of carbonyl (C=O) groups is 1. The Balaban J connectivity index is 1.56. The standard InChI is InChI=1S/C19H15N3OS/c1-12-10-13-11-14(5-6-15(13)21-12)22-19(23)18-8-7-17(24-18)16-4-2-3-9-20-16/h2-11,21H,1H3,(H,22,23). The van der Waals surface area contributed by atoms with Crippen molar-refractivity contribution >= 4 is 33.8 Å². The van der Waals surface area contributed by atoms with Gasteiger partial charge in [0.05, 0.1) is 15.4 Å². The molecule has 0 saturated carbocycles. The minimum atomic E-state index is -0.103. The van der Waals surface area contributed by atoms with Crippen LogP contribution in [0.1, 0.15) is 15.4 Å². The van der Waals surface area contributed by atoms with Gasteiger partial charge in [0.1, 0.15) is 0 Å². The summed E-state index contributed by atoms with van der Waals surface area (Å²) in [5.74, 6) is -0.103. The molecule has 118 valence electrons. The summed E-state index contributed by atoms with van der Waals surface area (Å²) in [5, 5.41) is 4.05. The third-order valence-corrected chi connectivity index (χ3v) is 4.87. The molecule has 0 aliphatic rings. The topological polar surface area (TPSA) is 57.8 Å². The minimum absolute atomic E-state index is 0.103. The van der Waals surface area contributed by atoms with Crippen molar-refractivity contribution in [2.45, 2.75) is 6.92 Å². The number of thiophene rings is 1. The van der Waals surface area contributed by atoms with Gasteiger partial charge in [0.2, 0.25) is 0 Å². The van der Waals surface area contributed by atoms with E-state index in [-0.39, 0.29) is 5.91 Å². The van der Waals surface area contributed by atoms with Crippen molar-refractivity contribution in [3.63, 3.8) is 0 Å². The first-order valence-electron chi connectivity index (χ1n) is 7.61. The molecule has 5 heteroatoms. The van der Waals surface area contributed by atoms with Gasteiger partial charge in [-0.25, -0.2) is 0 Å². The van der Waals surface area contributed by atoms with Gasteiger partial charge >= 0.3 is 0 Å². The molecule has 4 aromatic rings. The molecule has 0 aliphatic heterocycles. The number of hydrogen-bond acceptors (Lipinski definition) is 3. The van der Waals surface area contributed by atoms with Crippen LogP contribution in [0.4, 0.5) is 5.69 Å². The van der Waals surface area contributed by atoms with E-state index in [1.807, 2.05) is 55.5 Å². The molecule has 3 aromatic heterocycles. The summed E-state index contributed by atoms with van der Waals surface area (Å²) in [4.78, 5) is 21.7. The second kappa shape index (κ2) is 5.94. The van der Waals surface area contributed by atoms with E-state index in [9.17, 15) is 4.79 Å². The fraction of sp³-hybridized carbons (Fsp3) is 0.0526. The van der Waals surface area contributed by atoms with Crippen molar-refractivity contribution in [2.75, 3.05) is 5.32 Å². The molecule has 0 unspecified atom stereocenters. The highest BCUT2D eigenvalue weighted by molar-refractivity contribution is 7.17. The summed E-state index contributed by atoms with van der Waals surface area (Å²) >= 11 is 1.44. The molecule has 0 spiro atoms. The second-order valence-corrected chi connectivity index (χ2v) is 6.67. The number of rotatable bonds is 3. The van der Waals surface area contributed by atoms with E-state index in [0.717, 1.165) is 32.9 Å². The first-order chi connectivity index (χ1) is 11.7. The highest BCUT2D eigenvalue weighted by atomic mass is 32.1. The van der Waals surface area contributed by atoms with Gasteiger partial charge in [-0.2, -0.15) is 0 Å². The summed E-state index contributed by atoms with van der Waals surface area (Å²) in [5.41, 5.74) is 3.84. The van der Waals surface area contributed by atoms with Crippen molar-refractivity contribution < 1.29 is 4.79 Å². The van der Waals surface area contributed by atoms with Gasteiger partial charge in [-0.1, -0.05) is 6.07 Å². The predicted octanol–water partition coefficient (Wildman–Crippen LogP) is 4.85. The molecule has 0 radical (unpaired) electrons. The molecular formula is C19H15N3OS. The fourth-order valence-electron chi connectivity index (χ4n) is 2.65. The largest absolute Gasteiger partial charge is 0.359 e. The lowest BCUT2D eigenvalue weighted by molar-refractivity contribution is 0.103. The zero-order chi connectivity index (χ0) is 16.5. The molecule has 0 aliphatic carbocycles. The summed E-state index contributed by atoms with van der Waals surface area (Å²) in [6, 6.07) is 17.5. The van der Waals surface area contributed by atoms with Crippen LogP contribution in [0.2, 0.25) is 0 Å². The Hall–Kier alpha value is -2.92. The number of carbonyl (C=O) groups excluding carboxylic acids is 1. The number of aryl methyl sites for hydroxylation is 1. The normalized spacial score (nSPS) is 10.9. The Morgan fingerprint density at radius 2 is 2.04 bits per heavy atom. The van der Waals surface area contributed by atoms with E-state index in [4.69, 9.17) is 0 Å². The Labute approximate surface area is 143 Å². The van der Waals surface area contributed by atoms with Crippen LogP contribution < -0.4 is 5.32 Å². The van der Waals surface area contributed by atoms with E-state index < -0.39 is 0 Å². The van der Waals surface area contributed by atoms with Crippen LogP contribution in [-0.4, -0.2) is 15.9 Å². The van der Waals surface area contributed by atoms with Crippen LogP contribution in [0, 0.1) is 6.92 Å². The molecule has 2 N–H and O–H groups in total. The monoisotopic (exact) mass is 333 g/mol. The predicted molar refractivity (Wildman–Crippen MR) is 98.5 cm³/mol. The van der Waals surface area contributed by atoms with E-state index >= 15 is 0 Å². The first kappa shape index (κ1) is 14.7. The van der Waals surface area contributed by atoms with Crippen molar-refractivity contribution in [2.24, 2.45) is 0 Å². The molecule has 3 heterocycles. The zero-order valence-corrected chi connectivity index (χ0v) is 13.9. The number of aromatic nitrogens is 2. The molecule has 0 fully saturated rings. The number of H-pyrrole nitrogens is 1. The average Bonchev–Trinajstić information content (AvgIpc) is 3.21. The van der Waals surface area contributed by atoms with Gasteiger partial charge in [0, 0.05) is 28.5 Å². The van der Waals surface area contributed by atoms with Crippen LogP contribution in [0.3, 0.4) is 0 Å². The smallest absolute Gasteiger partial charge is 0.265 e. The van der Waals surface area contributed by atoms with Gasteiger partial charge in [-0.3, -0.25) is 9.78 Å². The maximum absolute atomic E-state index is 12.5. The number of benzene rings is 1. The Bertz CT molecular complexity index is 1020. The number of fused-ring (bicyclic) bond motifs is 1. The van der Waals surface area contributed by atoms with Crippen LogP contribution in [0.25, 0.3) is 21.5 Å². The molecule has 1 amide bonds. The van der Waals surface area contributed by atoms with Gasteiger partial charge in [-0.15, -0.1) is 11.3 Å². The Kier molecular flexibility index (Phi) is 3.63. The second-order valence-electron chi connectivity index (χ2n) is 5.59. The van der Waals surface area contributed by atoms with Crippen molar-refractivity contribution in [1.29, 1.82) is 0 Å². The molecular weight excluding hydrogens is 318 g/mol. The third-order valence-electron chi connectivity index (χ3n) is 3.76. The van der Waals surface area contributed by atoms with Gasteiger partial charge in [-0.05, 0) is 55.5 Å². The van der Waals surface area contributed by atoms with E-state index in [1.165, 1.54) is 11.3 Å². The highest BCUT2D eigenvalue weighted by Crippen LogP contribution is 2.27. The first-order valence-corrected chi connectivity index (χ1v) is 8.43. The number of amides is 1. The maximum Gasteiger partial charge on any atom is 0.265 e. The lowest BCUT2D eigenvalue weighted by atomic mass is 10.2. The molecule has 4 rings (SSSR count). The van der Waals surface area contributed by atoms with Crippen molar-refractivity contribution in [3.8, 4) is 10.6 Å². The Morgan fingerprint density at radius 3 is 2.88 bits per heavy atom. The SMILES string of the molecule is Cc1cc2cc(NC(=O)c3ccc(-c4ccccn4)s3)ccc2[nH]1. The van der Waals surface area contributed by atoms with Gasteiger partial charge < -0.3 is 10.3 Å². The van der Waals surface area contributed by atoms with Crippen LogP contribution in [0.15, 0.2) is 60.8 Å². The van der Waals surface area contributed by atoms with Gasteiger partial charge in [0.25, 0.3) is 5.91 Å². The summed E-state index contributed by atoms with van der Waals surface area (Å²) in [6.07, 6.45) is 1.75. The molecule has 1 aromatic carbocycles. The molecule has 0 bridgehead atoms. The summed E-state index contributed by atoms with van der Waals surface area (Å²) in [7, 11) is 0. The Morgan fingerprint density at radius 1 is 1.12 bits per heavy atom. The van der Waals surface area contributed by atoms with Crippen LogP contribution >= 0.6 is 11.3 Å². The highest BCUT2D eigenvalue weighted by Gasteiger charge is 2.11. The number of hydrogen-bond donors (Lipinski definition) is 2. The van der Waals surface area contributed by atoms with Crippen LogP contribution in [0.5, 0.6) is 0 Å². The van der Waals surface area contributed by atoms with Crippen molar-refractivity contribution in [1.82, 2.24) is 9.97 Å². The number of nitrogens with zero attached hydrogens (tertiary/aromatic N) is 1. The van der Waals surface area contributed by atoms with E-state index in [1.54, 1.807) is 6.20 Å². The quantitative estimate of drug-likeness (QED) is 0.563. The fourth-order valence-corrected chi connectivity index (χ4v) is 3.53. The zero-order valence-electron chi connectivity index (χ0n) is 13.0. The number of aromatic amines is 1. The molecule has 4 nitrogen and oxygen atoms in total. The average molecular weight is 333 g/mol. The molecule has 0 atom stereocenters. The number of nitrogens with one attached hydrogen (secondary N) is 2. The summed E-state index contributed by atoms with van der Waals surface area (Å²) < 4.78 is 0. The maximum atomic E-state index is 12.5. The minimum Gasteiger partial charge on any atom is -0.359 e. The van der Waals surface area contributed by atoms with E-state index in [2.05, 4.69) is 21.4 Å². The molecule has 0 saturated heterocycles. The lowest BCUT2D eigenvalue weighted by Gasteiger charge is -2.03. The van der Waals surface area contributed by atoms with Crippen LogP contribution in [-0.2, 0) is 0 Å². The lowest BCUT2D eigenvalue weighted by Crippen LogP contribution is -2.09. The van der Waals surface area contributed by atoms with Crippen molar-refractivity contribution in [3.05, 3.63) is 71.4 Å². The number of pyridine rings is 1. The molecule has 24 heavy (non-hydrogen) atoms. The summed E-state index contributed by atoms with van der Waals surface area (Å²) in [6.45, 7) is 2.02. The number of anilines is 1. The third kappa shape index (κ3) is 2.81.